The van der Waals surface area contributed by atoms with Crippen LogP contribution < -0.4 is 0 Å². The predicted molar refractivity (Wildman–Crippen MR) is 284 cm³/mol. The van der Waals surface area contributed by atoms with Crippen LogP contribution in [0.5, 0.6) is 0 Å². The summed E-state index contributed by atoms with van der Waals surface area (Å²) in [6.07, 6.45) is 49.1. The van der Waals surface area contributed by atoms with Crippen LogP contribution in [0.4, 0.5) is 0 Å². The van der Waals surface area contributed by atoms with Crippen molar-refractivity contribution < 1.29 is 33.8 Å². The summed E-state index contributed by atoms with van der Waals surface area (Å²) in [5, 5.41) is 6.62. The van der Waals surface area contributed by atoms with Crippen LogP contribution >= 0.6 is 7.82 Å². The van der Waals surface area contributed by atoms with Gasteiger partial charge in [-0.2, -0.15) is 15.2 Å². The lowest BCUT2D eigenvalue weighted by Crippen LogP contribution is -2.26. The fourth-order valence-electron chi connectivity index (χ4n) is 7.68. The lowest BCUT2D eigenvalue weighted by molar-refractivity contribution is -0.156. The van der Waals surface area contributed by atoms with Gasteiger partial charge in [-0.15, -0.1) is 0 Å². The largest absolute Gasteiger partial charge is 0.466 e. The van der Waals surface area contributed by atoms with Gasteiger partial charge in [0.1, 0.15) is 0 Å². The molecule has 398 valence electrons. The Morgan fingerprint density at radius 2 is 0.385 bits per heavy atom. The maximum Gasteiger partial charge on any atom is 0.466 e. The summed E-state index contributed by atoms with van der Waals surface area (Å²) < 4.78 is 8.88. The fourth-order valence-corrected chi connectivity index (χ4v) is 7.68. The summed E-state index contributed by atoms with van der Waals surface area (Å²) in [6.45, 7) is 29.1. The zero-order chi connectivity index (χ0) is 49.2. The van der Waals surface area contributed by atoms with Gasteiger partial charge in [-0.05, 0) is 59.3 Å². The van der Waals surface area contributed by atoms with E-state index in [1.54, 1.807) is 0 Å². The molecular weight excluding hydrogens is 834 g/mol. The second-order valence-electron chi connectivity index (χ2n) is 18.2. The lowest BCUT2D eigenvalue weighted by atomic mass is 10.1. The van der Waals surface area contributed by atoms with Crippen LogP contribution in [0.25, 0.3) is 0 Å². The lowest BCUT2D eigenvalue weighted by Gasteiger charge is -2.21. The first kappa shape index (κ1) is 71.4. The molecule has 0 bridgehead atoms. The van der Waals surface area contributed by atoms with E-state index in [1.165, 1.54) is 231 Å². The number of rotatable bonds is 48. The topological polar surface area (TPSA) is 115 Å². The molecule has 0 fully saturated rings. The number of phosphoric acid groups is 1. The van der Waals surface area contributed by atoms with Crippen LogP contribution in [0.3, 0.4) is 0 Å². The molecule has 0 unspecified atom stereocenters. The monoisotopic (exact) mass is 954 g/mol. The van der Waals surface area contributed by atoms with Gasteiger partial charge in [0.15, 0.2) is 0 Å². The highest BCUT2D eigenvalue weighted by Crippen LogP contribution is 2.26. The van der Waals surface area contributed by atoms with E-state index in [9.17, 15) is 0 Å². The molecule has 0 rings (SSSR count). The smallest absolute Gasteiger partial charge is 0.303 e. The molecular formula is C54H120N3O7P. The van der Waals surface area contributed by atoms with Crippen LogP contribution in [0.1, 0.15) is 293 Å². The van der Waals surface area contributed by atoms with E-state index in [-0.39, 0.29) is 0 Å². The SMILES string of the molecule is CCCCCCCCN(CCCCCCCC)OCC.CCCCCCCCN(CCCCCCCC)OCC.CCCCCCCCN(CCCCCCCC)OCC.O=P(O)(O)O. The summed E-state index contributed by atoms with van der Waals surface area (Å²) >= 11 is 0. The van der Waals surface area contributed by atoms with Gasteiger partial charge in [0.25, 0.3) is 0 Å². The molecule has 0 saturated heterocycles. The third kappa shape index (κ3) is 75.6. The standard InChI is InChI=1S/3C18H39NO.H3O4P/c3*1-4-7-9-11-13-15-17-19(20-6-3)18-16-14-12-10-8-5-2;1-5(2,3)4/h3*4-18H2,1-3H3;(H3,1,2,3,4). The van der Waals surface area contributed by atoms with Crippen LogP contribution in [-0.4, -0.2) is 89.0 Å². The first-order valence-corrected chi connectivity index (χ1v) is 30.0. The molecule has 0 aliphatic carbocycles. The van der Waals surface area contributed by atoms with Crippen molar-refractivity contribution in [1.82, 2.24) is 15.2 Å². The normalized spacial score (nSPS) is 11.4. The number of hydroxylamine groups is 6. The van der Waals surface area contributed by atoms with Crippen molar-refractivity contribution in [3.63, 3.8) is 0 Å². The molecule has 0 heterocycles. The Balaban J connectivity index is -0.000000407. The minimum atomic E-state index is -4.64. The first-order chi connectivity index (χ1) is 31.5. The van der Waals surface area contributed by atoms with Gasteiger partial charge in [-0.25, -0.2) is 4.57 Å². The van der Waals surface area contributed by atoms with Gasteiger partial charge < -0.3 is 14.7 Å². The van der Waals surface area contributed by atoms with Crippen LogP contribution in [0, 0.1) is 0 Å². The molecule has 0 radical (unpaired) electrons. The number of hydrogen-bond donors (Lipinski definition) is 3. The van der Waals surface area contributed by atoms with Gasteiger partial charge in [0.05, 0.1) is 19.8 Å². The first-order valence-electron chi connectivity index (χ1n) is 28.5. The molecule has 10 nitrogen and oxygen atoms in total. The van der Waals surface area contributed by atoms with Crippen molar-refractivity contribution >= 4 is 7.82 Å². The maximum atomic E-state index is 8.88. The van der Waals surface area contributed by atoms with E-state index < -0.39 is 7.82 Å². The van der Waals surface area contributed by atoms with Crippen LogP contribution in [-0.2, 0) is 19.1 Å². The molecule has 0 aromatic heterocycles. The Morgan fingerprint density at radius 1 is 0.262 bits per heavy atom. The van der Waals surface area contributed by atoms with Crippen molar-refractivity contribution in [2.24, 2.45) is 0 Å². The van der Waals surface area contributed by atoms with E-state index in [4.69, 9.17) is 33.8 Å². The summed E-state index contributed by atoms with van der Waals surface area (Å²) in [4.78, 5) is 38.8. The van der Waals surface area contributed by atoms with Crippen molar-refractivity contribution in [1.29, 1.82) is 0 Å². The quantitative estimate of drug-likeness (QED) is 0.0309. The van der Waals surface area contributed by atoms with E-state index in [0.29, 0.717) is 0 Å². The zero-order valence-corrected chi connectivity index (χ0v) is 46.5. The molecule has 0 amide bonds. The fraction of sp³-hybridized carbons (Fsp3) is 1.00. The maximum absolute atomic E-state index is 8.88. The van der Waals surface area contributed by atoms with E-state index >= 15 is 0 Å². The van der Waals surface area contributed by atoms with Gasteiger partial charge in [0.2, 0.25) is 0 Å². The second kappa shape index (κ2) is 63.9. The molecule has 0 aliphatic heterocycles. The molecule has 11 heteroatoms. The van der Waals surface area contributed by atoms with Gasteiger partial charge >= 0.3 is 7.82 Å². The highest BCUT2D eigenvalue weighted by Gasteiger charge is 2.07. The Bertz CT molecular complexity index is 711. The van der Waals surface area contributed by atoms with Crippen LogP contribution in [0.15, 0.2) is 0 Å². The Kier molecular flexibility index (Phi) is 70.2. The Labute approximate surface area is 408 Å². The van der Waals surface area contributed by atoms with E-state index in [0.717, 1.165) is 59.1 Å². The van der Waals surface area contributed by atoms with Crippen molar-refractivity contribution in [3.05, 3.63) is 0 Å². The Hall–Kier alpha value is -0.130. The molecule has 65 heavy (non-hydrogen) atoms. The third-order valence-corrected chi connectivity index (χ3v) is 11.5. The summed E-state index contributed by atoms with van der Waals surface area (Å²) in [5.74, 6) is 0. The highest BCUT2D eigenvalue weighted by molar-refractivity contribution is 7.45. The zero-order valence-electron chi connectivity index (χ0n) is 45.6. The minimum Gasteiger partial charge on any atom is -0.303 e. The van der Waals surface area contributed by atoms with Gasteiger partial charge in [0, 0.05) is 39.3 Å². The molecule has 0 aromatic carbocycles. The summed E-state index contributed by atoms with van der Waals surface area (Å²) in [5.41, 5.74) is 0. The minimum absolute atomic E-state index is 0.811. The number of hydrogen-bond acceptors (Lipinski definition) is 7. The molecule has 0 aromatic rings. The van der Waals surface area contributed by atoms with Gasteiger partial charge in [-0.1, -0.05) is 234 Å². The van der Waals surface area contributed by atoms with Gasteiger partial charge in [-0.3, -0.25) is 14.5 Å². The highest BCUT2D eigenvalue weighted by atomic mass is 31.2. The third-order valence-electron chi connectivity index (χ3n) is 11.5. The van der Waals surface area contributed by atoms with Crippen LogP contribution in [0.2, 0.25) is 0 Å². The Morgan fingerprint density at radius 3 is 0.508 bits per heavy atom. The molecule has 0 saturated carbocycles. The second-order valence-corrected chi connectivity index (χ2v) is 19.2. The molecule has 0 aliphatic rings. The van der Waals surface area contributed by atoms with Crippen molar-refractivity contribution in [2.75, 3.05) is 59.1 Å². The molecule has 0 spiro atoms. The average molecular weight is 955 g/mol. The average Bonchev–Trinajstić information content (AvgIpc) is 3.27. The van der Waals surface area contributed by atoms with Crippen molar-refractivity contribution in [2.45, 2.75) is 293 Å². The molecule has 0 atom stereocenters. The predicted octanol–water partition coefficient (Wildman–Crippen LogP) is 17.0. The number of unbranched alkanes of at least 4 members (excludes halogenated alkanes) is 30. The van der Waals surface area contributed by atoms with Crippen molar-refractivity contribution in [3.8, 4) is 0 Å². The summed E-state index contributed by atoms with van der Waals surface area (Å²) in [6, 6.07) is 0. The van der Waals surface area contributed by atoms with E-state index in [1.807, 2.05) is 0 Å². The number of nitrogens with zero attached hydrogens (tertiary/aromatic N) is 3. The van der Waals surface area contributed by atoms with E-state index in [2.05, 4.69) is 77.5 Å². The summed E-state index contributed by atoms with van der Waals surface area (Å²) in [7, 11) is -4.64. The molecule has 3 N–H and O–H groups in total.